The van der Waals surface area contributed by atoms with Crippen molar-refractivity contribution in [3.05, 3.63) is 23.6 Å². The van der Waals surface area contributed by atoms with E-state index in [-0.39, 0.29) is 0 Å². The SMILES string of the molecule is NCc1cn(Cc2nc(CSC3CCCCC3)no2)nn1. The van der Waals surface area contributed by atoms with Crippen LogP contribution in [0.4, 0.5) is 0 Å². The predicted molar refractivity (Wildman–Crippen MR) is 79.5 cm³/mol. The first-order chi connectivity index (χ1) is 10.3. The lowest BCUT2D eigenvalue weighted by Crippen LogP contribution is -2.08. The second-order valence-corrected chi connectivity index (χ2v) is 6.58. The Hall–Kier alpha value is -1.41. The Kier molecular flexibility index (Phi) is 4.87. The minimum Gasteiger partial charge on any atom is -0.337 e. The Morgan fingerprint density at radius 3 is 2.95 bits per heavy atom. The van der Waals surface area contributed by atoms with Gasteiger partial charge < -0.3 is 10.3 Å². The molecule has 1 fully saturated rings. The highest BCUT2D eigenvalue weighted by Gasteiger charge is 2.15. The maximum absolute atomic E-state index is 5.50. The summed E-state index contributed by atoms with van der Waals surface area (Å²) in [5, 5.41) is 12.7. The lowest BCUT2D eigenvalue weighted by Gasteiger charge is -2.19. The number of hydrogen-bond donors (Lipinski definition) is 1. The zero-order valence-corrected chi connectivity index (χ0v) is 12.8. The van der Waals surface area contributed by atoms with E-state index in [4.69, 9.17) is 10.3 Å². The predicted octanol–water partition coefficient (Wildman–Crippen LogP) is 1.73. The van der Waals surface area contributed by atoms with Crippen LogP contribution in [-0.4, -0.2) is 30.4 Å². The van der Waals surface area contributed by atoms with E-state index in [1.165, 1.54) is 32.1 Å². The second kappa shape index (κ2) is 7.04. The molecule has 2 aromatic heterocycles. The van der Waals surface area contributed by atoms with Gasteiger partial charge in [0.2, 0.25) is 5.89 Å². The molecular weight excluding hydrogens is 288 g/mol. The van der Waals surface area contributed by atoms with E-state index in [1.54, 1.807) is 10.9 Å². The average molecular weight is 308 g/mol. The van der Waals surface area contributed by atoms with Crippen LogP contribution in [-0.2, 0) is 18.8 Å². The Balaban J connectivity index is 1.50. The lowest BCUT2D eigenvalue weighted by atomic mass is 10.0. The van der Waals surface area contributed by atoms with E-state index in [9.17, 15) is 0 Å². The molecule has 0 spiro atoms. The molecule has 3 rings (SSSR count). The van der Waals surface area contributed by atoms with Crippen LogP contribution in [0.1, 0.15) is 49.5 Å². The minimum atomic E-state index is 0.382. The Morgan fingerprint density at radius 1 is 1.33 bits per heavy atom. The summed E-state index contributed by atoms with van der Waals surface area (Å²) >= 11 is 1.94. The first-order valence-electron chi connectivity index (χ1n) is 7.35. The third kappa shape index (κ3) is 4.04. The molecule has 0 atom stereocenters. The summed E-state index contributed by atoms with van der Waals surface area (Å²) in [6, 6.07) is 0. The van der Waals surface area contributed by atoms with E-state index in [1.807, 2.05) is 11.8 Å². The highest BCUT2D eigenvalue weighted by atomic mass is 32.2. The molecule has 0 radical (unpaired) electrons. The average Bonchev–Trinajstić information content (AvgIpc) is 3.16. The van der Waals surface area contributed by atoms with Crippen LogP contribution >= 0.6 is 11.8 Å². The van der Waals surface area contributed by atoms with Crippen molar-refractivity contribution in [2.24, 2.45) is 5.73 Å². The van der Waals surface area contributed by atoms with Crippen molar-refractivity contribution < 1.29 is 4.52 Å². The van der Waals surface area contributed by atoms with Gasteiger partial charge in [0.25, 0.3) is 0 Å². The largest absolute Gasteiger partial charge is 0.337 e. The maximum Gasteiger partial charge on any atom is 0.248 e. The van der Waals surface area contributed by atoms with E-state index in [0.29, 0.717) is 19.0 Å². The molecule has 0 bridgehead atoms. The fraction of sp³-hybridized carbons (Fsp3) is 0.692. The standard InChI is InChI=1S/C13H20N6OS/c14-6-10-7-19(18-16-10)8-13-15-12(17-20-13)9-21-11-4-2-1-3-5-11/h7,11H,1-6,8-9,14H2. The van der Waals surface area contributed by atoms with E-state index < -0.39 is 0 Å². The zero-order valence-electron chi connectivity index (χ0n) is 11.9. The summed E-state index contributed by atoms with van der Waals surface area (Å²) in [6.07, 6.45) is 8.51. The molecule has 0 aromatic carbocycles. The molecule has 1 aliphatic carbocycles. The molecule has 7 nitrogen and oxygen atoms in total. The summed E-state index contributed by atoms with van der Waals surface area (Å²) in [7, 11) is 0. The molecule has 114 valence electrons. The van der Waals surface area contributed by atoms with Crippen LogP contribution in [0.3, 0.4) is 0 Å². The Morgan fingerprint density at radius 2 is 2.19 bits per heavy atom. The Labute approximate surface area is 127 Å². The van der Waals surface area contributed by atoms with Crippen LogP contribution < -0.4 is 5.73 Å². The molecule has 2 heterocycles. The van der Waals surface area contributed by atoms with Gasteiger partial charge in [-0.05, 0) is 12.8 Å². The molecule has 1 saturated carbocycles. The number of nitrogens with two attached hydrogens (primary N) is 1. The number of nitrogens with zero attached hydrogens (tertiary/aromatic N) is 5. The van der Waals surface area contributed by atoms with Gasteiger partial charge in [0, 0.05) is 11.8 Å². The van der Waals surface area contributed by atoms with Gasteiger partial charge in [-0.1, -0.05) is 29.6 Å². The highest BCUT2D eigenvalue weighted by molar-refractivity contribution is 7.99. The van der Waals surface area contributed by atoms with Gasteiger partial charge in [0.1, 0.15) is 6.54 Å². The third-order valence-corrected chi connectivity index (χ3v) is 4.97. The molecule has 21 heavy (non-hydrogen) atoms. The van der Waals surface area contributed by atoms with Crippen molar-refractivity contribution in [2.75, 3.05) is 0 Å². The van der Waals surface area contributed by atoms with Gasteiger partial charge in [-0.15, -0.1) is 5.10 Å². The summed E-state index contributed by atoms with van der Waals surface area (Å²) in [5.74, 6) is 2.14. The van der Waals surface area contributed by atoms with Crippen LogP contribution in [0, 0.1) is 0 Å². The van der Waals surface area contributed by atoms with Crippen molar-refractivity contribution in [1.29, 1.82) is 0 Å². The summed E-state index contributed by atoms with van der Waals surface area (Å²) in [6.45, 7) is 0.821. The first-order valence-corrected chi connectivity index (χ1v) is 8.40. The van der Waals surface area contributed by atoms with Crippen LogP contribution in [0.25, 0.3) is 0 Å². The quantitative estimate of drug-likeness (QED) is 0.868. The van der Waals surface area contributed by atoms with Gasteiger partial charge in [0.05, 0.1) is 17.6 Å². The van der Waals surface area contributed by atoms with Crippen LogP contribution in [0.2, 0.25) is 0 Å². The summed E-state index contributed by atoms with van der Waals surface area (Å²) < 4.78 is 6.92. The lowest BCUT2D eigenvalue weighted by molar-refractivity contribution is 0.361. The fourth-order valence-electron chi connectivity index (χ4n) is 2.49. The van der Waals surface area contributed by atoms with E-state index >= 15 is 0 Å². The van der Waals surface area contributed by atoms with Gasteiger partial charge in [-0.2, -0.15) is 16.7 Å². The smallest absolute Gasteiger partial charge is 0.248 e. The molecule has 0 unspecified atom stereocenters. The number of rotatable bonds is 6. The third-order valence-electron chi connectivity index (χ3n) is 3.60. The van der Waals surface area contributed by atoms with Crippen LogP contribution in [0.5, 0.6) is 0 Å². The van der Waals surface area contributed by atoms with Crippen molar-refractivity contribution in [2.45, 2.75) is 56.2 Å². The monoisotopic (exact) mass is 308 g/mol. The maximum atomic E-state index is 5.50. The molecule has 2 N–H and O–H groups in total. The van der Waals surface area contributed by atoms with E-state index in [2.05, 4.69) is 20.5 Å². The Bertz CT molecular complexity index is 563. The molecule has 1 aliphatic rings. The normalized spacial score (nSPS) is 16.4. The molecule has 2 aromatic rings. The van der Waals surface area contributed by atoms with Crippen LogP contribution in [0.15, 0.2) is 10.7 Å². The zero-order chi connectivity index (χ0) is 14.5. The van der Waals surface area contributed by atoms with Gasteiger partial charge in [-0.3, -0.25) is 0 Å². The highest BCUT2D eigenvalue weighted by Crippen LogP contribution is 2.29. The topological polar surface area (TPSA) is 95.7 Å². The molecular formula is C13H20N6OS. The first kappa shape index (κ1) is 14.5. The van der Waals surface area contributed by atoms with Gasteiger partial charge in [0.15, 0.2) is 5.82 Å². The van der Waals surface area contributed by atoms with Crippen molar-refractivity contribution in [3.8, 4) is 0 Å². The molecule has 0 saturated heterocycles. The van der Waals surface area contributed by atoms with E-state index in [0.717, 1.165) is 22.5 Å². The summed E-state index contributed by atoms with van der Waals surface area (Å²) in [4.78, 5) is 4.41. The summed E-state index contributed by atoms with van der Waals surface area (Å²) in [5.41, 5.74) is 6.25. The molecule has 0 amide bonds. The van der Waals surface area contributed by atoms with Crippen molar-refractivity contribution >= 4 is 11.8 Å². The fourth-order valence-corrected chi connectivity index (χ4v) is 3.65. The van der Waals surface area contributed by atoms with Gasteiger partial charge in [-0.25, -0.2) is 4.68 Å². The van der Waals surface area contributed by atoms with Crippen molar-refractivity contribution in [1.82, 2.24) is 25.1 Å². The second-order valence-electron chi connectivity index (χ2n) is 5.29. The molecule has 0 aliphatic heterocycles. The number of hydrogen-bond acceptors (Lipinski definition) is 7. The number of aromatic nitrogens is 5. The number of thioether (sulfide) groups is 1. The minimum absolute atomic E-state index is 0.382. The molecule has 8 heteroatoms. The van der Waals surface area contributed by atoms with Crippen molar-refractivity contribution in [3.63, 3.8) is 0 Å². The van der Waals surface area contributed by atoms with Gasteiger partial charge >= 0.3 is 0 Å².